The molecule has 0 saturated carbocycles. The molecule has 0 spiro atoms. The van der Waals surface area contributed by atoms with Gasteiger partial charge < -0.3 is 37.2 Å². The van der Waals surface area contributed by atoms with Crippen molar-refractivity contribution >= 4 is 17.6 Å². The Hall–Kier alpha value is 0.114. The van der Waals surface area contributed by atoms with E-state index >= 15 is 0 Å². The van der Waals surface area contributed by atoms with Crippen molar-refractivity contribution in [1.82, 2.24) is 4.90 Å². The Bertz CT molecular complexity index is 386. The van der Waals surface area contributed by atoms with E-state index in [1.54, 1.807) is 0 Å². The maximum atomic E-state index is 6.04. The Morgan fingerprint density at radius 3 is 1.12 bits per heavy atom. The molecule has 0 unspecified atom stereocenters. The van der Waals surface area contributed by atoms with Gasteiger partial charge in [0.2, 0.25) is 0 Å². The fourth-order valence-corrected chi connectivity index (χ4v) is 9.40. The Balaban J connectivity index is 5.00. The predicted molar refractivity (Wildman–Crippen MR) is 144 cm³/mol. The summed E-state index contributed by atoms with van der Waals surface area (Å²) in [5.74, 6) is 0. The van der Waals surface area contributed by atoms with Crippen LogP contribution in [0.5, 0.6) is 0 Å². The van der Waals surface area contributed by atoms with Crippen LogP contribution < -0.4 is 5.73 Å². The Morgan fingerprint density at radius 1 is 0.471 bits per heavy atom. The van der Waals surface area contributed by atoms with E-state index in [1.165, 1.54) is 19.3 Å². The van der Waals surface area contributed by atoms with Crippen molar-refractivity contribution in [2.75, 3.05) is 65.8 Å². The summed E-state index contributed by atoms with van der Waals surface area (Å²) >= 11 is 0. The molecule has 0 aliphatic heterocycles. The summed E-state index contributed by atoms with van der Waals surface area (Å²) < 4.78 is 36.3. The van der Waals surface area contributed by atoms with Crippen LogP contribution in [0.4, 0.5) is 0 Å². The van der Waals surface area contributed by atoms with Gasteiger partial charge in [-0.15, -0.1) is 0 Å². The zero-order valence-corrected chi connectivity index (χ0v) is 25.2. The lowest BCUT2D eigenvalue weighted by atomic mass is 10.2. The highest BCUT2D eigenvalue weighted by Gasteiger charge is 2.41. The monoisotopic (exact) mass is 524 g/mol. The minimum Gasteiger partial charge on any atom is -0.374 e. The van der Waals surface area contributed by atoms with E-state index in [-0.39, 0.29) is 0 Å². The first kappa shape index (κ1) is 34.1. The quantitative estimate of drug-likeness (QED) is 0.129. The number of hydrogen-bond donors (Lipinski definition) is 1. The van der Waals surface area contributed by atoms with Crippen LogP contribution in [-0.2, 0) is 26.6 Å². The molecule has 0 aromatic rings. The fraction of sp³-hybridized carbons (Fsp3) is 1.00. The molecule has 0 saturated heterocycles. The molecule has 206 valence electrons. The van der Waals surface area contributed by atoms with Crippen LogP contribution in [0.2, 0.25) is 12.1 Å². The second-order valence-electron chi connectivity index (χ2n) is 8.22. The summed E-state index contributed by atoms with van der Waals surface area (Å²) in [6.45, 7) is 19.7. The number of nitrogens with two attached hydrogens (primary N) is 1. The number of nitrogens with zero attached hydrogens (tertiary/aromatic N) is 1. The van der Waals surface area contributed by atoms with Crippen molar-refractivity contribution in [3.63, 3.8) is 0 Å². The van der Waals surface area contributed by atoms with Gasteiger partial charge in [-0.2, -0.15) is 0 Å². The summed E-state index contributed by atoms with van der Waals surface area (Å²) in [6.07, 6.45) is 6.72. The predicted octanol–water partition coefficient (Wildman–Crippen LogP) is 4.68. The minimum absolute atomic E-state index is 0.621. The Morgan fingerprint density at radius 2 is 0.794 bits per heavy atom. The standard InChI is InChI=1S/C24H56N2O6Si2/c1-7-27-33(28-8-2,29-9-3)23-17-21-26(20-16-14-13-15-19-25)22-18-24-34(30-10-4,31-11-5)32-12-6/h7-25H2,1-6H3. The fourth-order valence-electron chi connectivity index (χ4n) is 4.21. The molecule has 10 heteroatoms. The molecule has 34 heavy (non-hydrogen) atoms. The lowest BCUT2D eigenvalue weighted by Gasteiger charge is -2.31. The maximum absolute atomic E-state index is 6.04. The van der Waals surface area contributed by atoms with E-state index in [0.29, 0.717) is 39.6 Å². The molecule has 0 atom stereocenters. The molecule has 0 rings (SSSR count). The first-order chi connectivity index (χ1) is 16.5. The lowest BCUT2D eigenvalue weighted by Crippen LogP contribution is -2.47. The summed E-state index contributed by atoms with van der Waals surface area (Å²) in [5, 5.41) is 0. The molecular weight excluding hydrogens is 468 g/mol. The first-order valence-electron chi connectivity index (χ1n) is 13.8. The molecule has 0 amide bonds. The lowest BCUT2D eigenvalue weighted by molar-refractivity contribution is 0.0692. The van der Waals surface area contributed by atoms with Crippen LogP contribution in [0.1, 0.15) is 80.1 Å². The highest BCUT2D eigenvalue weighted by molar-refractivity contribution is 6.61. The highest BCUT2D eigenvalue weighted by atomic mass is 28.4. The minimum atomic E-state index is -2.60. The number of hydrogen-bond acceptors (Lipinski definition) is 8. The van der Waals surface area contributed by atoms with Crippen LogP contribution in [0.3, 0.4) is 0 Å². The van der Waals surface area contributed by atoms with E-state index < -0.39 is 17.6 Å². The van der Waals surface area contributed by atoms with Gasteiger partial charge in [0.05, 0.1) is 0 Å². The second kappa shape index (κ2) is 22.3. The van der Waals surface area contributed by atoms with Gasteiger partial charge in [0.1, 0.15) is 0 Å². The van der Waals surface area contributed by atoms with Crippen LogP contribution in [0, 0.1) is 0 Å². The molecule has 8 nitrogen and oxygen atoms in total. The first-order valence-corrected chi connectivity index (χ1v) is 17.6. The summed E-state index contributed by atoms with van der Waals surface area (Å²) in [6, 6.07) is 1.70. The summed E-state index contributed by atoms with van der Waals surface area (Å²) in [5.41, 5.74) is 5.66. The van der Waals surface area contributed by atoms with E-state index in [1.807, 2.05) is 41.5 Å². The van der Waals surface area contributed by atoms with E-state index in [0.717, 1.165) is 57.5 Å². The SMILES string of the molecule is CCO[Si](CCCN(CCCCCCN)CCC[Si](OCC)(OCC)OCC)(OCC)OCC. The molecular formula is C24H56N2O6Si2. The number of rotatable bonds is 26. The Labute approximate surface area is 212 Å². The van der Waals surface area contributed by atoms with Gasteiger partial charge >= 0.3 is 17.6 Å². The molecule has 0 aliphatic carbocycles. The number of unbranched alkanes of at least 4 members (excludes halogenated alkanes) is 3. The van der Waals surface area contributed by atoms with Crippen molar-refractivity contribution in [1.29, 1.82) is 0 Å². The van der Waals surface area contributed by atoms with E-state index in [2.05, 4.69) is 4.90 Å². The molecule has 0 aliphatic rings. The molecule has 2 N–H and O–H groups in total. The van der Waals surface area contributed by atoms with Gasteiger partial charge in [0.25, 0.3) is 0 Å². The maximum Gasteiger partial charge on any atom is 0.500 e. The zero-order valence-electron chi connectivity index (χ0n) is 23.2. The largest absolute Gasteiger partial charge is 0.500 e. The van der Waals surface area contributed by atoms with Crippen LogP contribution in [0.25, 0.3) is 0 Å². The Kier molecular flexibility index (Phi) is 22.4. The zero-order chi connectivity index (χ0) is 25.5. The van der Waals surface area contributed by atoms with Gasteiger partial charge in [-0.25, -0.2) is 0 Å². The smallest absolute Gasteiger partial charge is 0.374 e. The van der Waals surface area contributed by atoms with E-state index in [4.69, 9.17) is 32.3 Å². The molecule has 0 heterocycles. The van der Waals surface area contributed by atoms with Gasteiger partial charge in [-0.1, -0.05) is 12.8 Å². The van der Waals surface area contributed by atoms with Gasteiger partial charge in [0, 0.05) is 51.7 Å². The average molecular weight is 525 g/mol. The molecule has 0 bridgehead atoms. The van der Waals surface area contributed by atoms with Gasteiger partial charge in [-0.3, -0.25) is 0 Å². The molecule has 0 fully saturated rings. The summed E-state index contributed by atoms with van der Waals surface area (Å²) in [7, 11) is -5.20. The topological polar surface area (TPSA) is 84.6 Å². The van der Waals surface area contributed by atoms with Gasteiger partial charge in [0.15, 0.2) is 0 Å². The molecule has 0 aromatic heterocycles. The van der Waals surface area contributed by atoms with Crippen molar-refractivity contribution < 1.29 is 26.6 Å². The van der Waals surface area contributed by atoms with Crippen molar-refractivity contribution in [2.24, 2.45) is 5.73 Å². The molecule has 0 aromatic carbocycles. The second-order valence-corrected chi connectivity index (χ2v) is 13.7. The van der Waals surface area contributed by atoms with Crippen molar-refractivity contribution in [3.8, 4) is 0 Å². The van der Waals surface area contributed by atoms with Crippen LogP contribution in [0.15, 0.2) is 0 Å². The average Bonchev–Trinajstić information content (AvgIpc) is 2.79. The van der Waals surface area contributed by atoms with E-state index in [9.17, 15) is 0 Å². The van der Waals surface area contributed by atoms with Gasteiger partial charge in [-0.05, 0) is 93.4 Å². The molecule has 0 radical (unpaired) electrons. The third-order valence-electron chi connectivity index (χ3n) is 5.53. The normalized spacial score (nSPS) is 12.7. The van der Waals surface area contributed by atoms with Crippen molar-refractivity contribution in [2.45, 2.75) is 92.2 Å². The van der Waals surface area contributed by atoms with Crippen LogP contribution >= 0.6 is 0 Å². The highest BCUT2D eigenvalue weighted by Crippen LogP contribution is 2.21. The van der Waals surface area contributed by atoms with Crippen molar-refractivity contribution in [3.05, 3.63) is 0 Å². The third-order valence-corrected chi connectivity index (χ3v) is 11.8. The summed E-state index contributed by atoms with van der Waals surface area (Å²) in [4.78, 5) is 2.56. The van der Waals surface area contributed by atoms with Crippen LogP contribution in [-0.4, -0.2) is 88.3 Å². The third kappa shape index (κ3) is 15.3.